The van der Waals surface area contributed by atoms with Crippen molar-refractivity contribution in [3.63, 3.8) is 0 Å². The summed E-state index contributed by atoms with van der Waals surface area (Å²) >= 11 is 5.96. The monoisotopic (exact) mass is 299 g/mol. The van der Waals surface area contributed by atoms with Gasteiger partial charge in [0.2, 0.25) is 0 Å². The fourth-order valence-corrected chi connectivity index (χ4v) is 2.29. The topological polar surface area (TPSA) is 25.2 Å². The molecule has 0 aliphatic carbocycles. The molecule has 1 atom stereocenters. The van der Waals surface area contributed by atoms with E-state index in [1.807, 2.05) is 6.92 Å². The van der Waals surface area contributed by atoms with Crippen molar-refractivity contribution >= 4 is 11.6 Å². The van der Waals surface area contributed by atoms with E-state index in [1.165, 1.54) is 13.2 Å². The first-order chi connectivity index (χ1) is 9.56. The Balaban J connectivity index is 2.47. The van der Waals surface area contributed by atoms with Crippen molar-refractivity contribution in [1.82, 2.24) is 5.32 Å². The van der Waals surface area contributed by atoms with Gasteiger partial charge in [-0.25, -0.2) is 8.78 Å². The minimum Gasteiger partial charge on any atom is -0.453 e. The number of nitrogens with one attached hydrogen (secondary N) is 1. The molecule has 2 rings (SSSR count). The fourth-order valence-electron chi connectivity index (χ4n) is 2.07. The number of hydrogen-bond donors (Lipinski definition) is 1. The lowest BCUT2D eigenvalue weighted by Gasteiger charge is -2.19. The van der Waals surface area contributed by atoms with Crippen molar-refractivity contribution in [2.45, 2.75) is 26.3 Å². The minimum atomic E-state index is -0.851. The highest BCUT2D eigenvalue weighted by Gasteiger charge is 2.23. The molecule has 1 aromatic carbocycles. The molecule has 0 aliphatic rings. The molecular weight excluding hydrogens is 284 g/mol. The maximum atomic E-state index is 14.2. The summed E-state index contributed by atoms with van der Waals surface area (Å²) in [7, 11) is 0. The Morgan fingerprint density at radius 2 is 1.95 bits per heavy atom. The van der Waals surface area contributed by atoms with Crippen LogP contribution in [0.15, 0.2) is 28.9 Å². The second-order valence-electron chi connectivity index (χ2n) is 4.64. The van der Waals surface area contributed by atoms with Crippen LogP contribution in [0.25, 0.3) is 0 Å². The average molecular weight is 300 g/mol. The van der Waals surface area contributed by atoms with Crippen molar-refractivity contribution in [3.05, 3.63) is 58.0 Å². The molecule has 0 saturated carbocycles. The van der Waals surface area contributed by atoms with Gasteiger partial charge < -0.3 is 9.73 Å². The summed E-state index contributed by atoms with van der Waals surface area (Å²) in [4.78, 5) is 0. The summed E-state index contributed by atoms with van der Waals surface area (Å²) in [6.45, 7) is 4.18. The van der Waals surface area contributed by atoms with Gasteiger partial charge in [-0.1, -0.05) is 19.1 Å². The largest absolute Gasteiger partial charge is 0.453 e. The van der Waals surface area contributed by atoms with Gasteiger partial charge in [0.15, 0.2) is 16.9 Å². The van der Waals surface area contributed by atoms with E-state index in [0.717, 1.165) is 6.42 Å². The van der Waals surface area contributed by atoms with E-state index >= 15 is 0 Å². The second-order valence-corrected chi connectivity index (χ2v) is 4.98. The van der Waals surface area contributed by atoms with Crippen LogP contribution in [0.5, 0.6) is 0 Å². The molecule has 1 heterocycles. The molecule has 0 aliphatic heterocycles. The Kier molecular flexibility index (Phi) is 4.78. The number of halogens is 3. The number of hydrogen-bond acceptors (Lipinski definition) is 2. The molecule has 0 saturated heterocycles. The molecule has 0 spiro atoms. The van der Waals surface area contributed by atoms with E-state index in [0.29, 0.717) is 12.1 Å². The first-order valence-corrected chi connectivity index (χ1v) is 6.84. The summed E-state index contributed by atoms with van der Waals surface area (Å²) in [5.74, 6) is -1.68. The Morgan fingerprint density at radius 1 is 1.20 bits per heavy atom. The van der Waals surface area contributed by atoms with E-state index in [-0.39, 0.29) is 16.3 Å². The maximum Gasteiger partial charge on any atom is 0.198 e. The van der Waals surface area contributed by atoms with E-state index in [4.69, 9.17) is 16.0 Å². The van der Waals surface area contributed by atoms with Crippen molar-refractivity contribution in [2.75, 3.05) is 6.54 Å². The van der Waals surface area contributed by atoms with Gasteiger partial charge in [0.25, 0.3) is 0 Å². The lowest BCUT2D eigenvalue weighted by atomic mass is 9.98. The molecule has 1 aromatic heterocycles. The molecule has 0 bridgehead atoms. The molecule has 2 aromatic rings. The molecule has 20 heavy (non-hydrogen) atoms. The third kappa shape index (κ3) is 2.86. The van der Waals surface area contributed by atoms with Gasteiger partial charge in [0, 0.05) is 11.1 Å². The zero-order valence-corrected chi connectivity index (χ0v) is 12.1. The Hall–Kier alpha value is -1.39. The van der Waals surface area contributed by atoms with Crippen LogP contribution in [0.1, 0.15) is 36.1 Å². The summed E-state index contributed by atoms with van der Waals surface area (Å²) in [6, 6.07) is 4.26. The highest BCUT2D eigenvalue weighted by atomic mass is 35.5. The Labute approximate surface area is 121 Å². The normalized spacial score (nSPS) is 12.7. The highest BCUT2D eigenvalue weighted by molar-refractivity contribution is 6.29. The van der Waals surface area contributed by atoms with Gasteiger partial charge in [-0.3, -0.25) is 0 Å². The minimum absolute atomic E-state index is 0.180. The predicted octanol–water partition coefficient (Wildman–Crippen LogP) is 4.61. The molecule has 1 N–H and O–H groups in total. The first kappa shape index (κ1) is 15.0. The van der Waals surface area contributed by atoms with Crippen LogP contribution in [0.4, 0.5) is 8.78 Å². The molecular formula is C15H16ClF2NO. The summed E-state index contributed by atoms with van der Waals surface area (Å²) < 4.78 is 33.0. The average Bonchev–Trinajstić information content (AvgIpc) is 2.85. The zero-order valence-electron chi connectivity index (χ0n) is 11.3. The smallest absolute Gasteiger partial charge is 0.198 e. The third-order valence-electron chi connectivity index (χ3n) is 3.17. The Morgan fingerprint density at radius 3 is 2.55 bits per heavy atom. The van der Waals surface area contributed by atoms with Crippen molar-refractivity contribution in [3.8, 4) is 0 Å². The molecule has 0 fully saturated rings. The molecule has 5 heteroatoms. The summed E-state index contributed by atoms with van der Waals surface area (Å²) in [6.07, 6.45) is 2.29. The third-order valence-corrected chi connectivity index (χ3v) is 3.48. The lowest BCUT2D eigenvalue weighted by Crippen LogP contribution is -2.24. The Bertz CT molecular complexity index is 598. The van der Waals surface area contributed by atoms with Crippen LogP contribution in [-0.2, 0) is 0 Å². The standard InChI is InChI=1S/C15H16ClF2NO/c1-3-7-19-14(11-6-8-20-15(11)16)10-5-4-9(2)12(17)13(10)18/h4-6,8,14,19H,3,7H2,1-2H3. The van der Waals surface area contributed by atoms with E-state index in [9.17, 15) is 8.78 Å². The quantitative estimate of drug-likeness (QED) is 0.872. The van der Waals surface area contributed by atoms with E-state index in [1.54, 1.807) is 18.2 Å². The molecule has 0 amide bonds. The maximum absolute atomic E-state index is 14.2. The van der Waals surface area contributed by atoms with Gasteiger partial charge in [-0.15, -0.1) is 0 Å². The molecule has 0 radical (unpaired) electrons. The van der Waals surface area contributed by atoms with Crippen molar-refractivity contribution < 1.29 is 13.2 Å². The van der Waals surface area contributed by atoms with E-state index in [2.05, 4.69) is 5.32 Å². The number of furan rings is 1. The van der Waals surface area contributed by atoms with Crippen LogP contribution in [0.3, 0.4) is 0 Å². The molecule has 108 valence electrons. The first-order valence-electron chi connectivity index (χ1n) is 6.47. The lowest BCUT2D eigenvalue weighted by molar-refractivity contribution is 0.474. The van der Waals surface area contributed by atoms with Crippen molar-refractivity contribution in [1.29, 1.82) is 0 Å². The molecule has 2 nitrogen and oxygen atoms in total. The number of aryl methyl sites for hydroxylation is 1. The zero-order chi connectivity index (χ0) is 14.7. The van der Waals surface area contributed by atoms with Crippen LogP contribution in [0.2, 0.25) is 5.22 Å². The van der Waals surface area contributed by atoms with Gasteiger partial charge >= 0.3 is 0 Å². The summed E-state index contributed by atoms with van der Waals surface area (Å²) in [5, 5.41) is 3.34. The SMILES string of the molecule is CCCNC(c1ccoc1Cl)c1ccc(C)c(F)c1F. The highest BCUT2D eigenvalue weighted by Crippen LogP contribution is 2.32. The second kappa shape index (κ2) is 6.37. The van der Waals surface area contributed by atoms with Gasteiger partial charge in [-0.05, 0) is 43.1 Å². The van der Waals surface area contributed by atoms with Gasteiger partial charge in [0.1, 0.15) is 0 Å². The van der Waals surface area contributed by atoms with Crippen LogP contribution in [-0.4, -0.2) is 6.54 Å². The molecule has 1 unspecified atom stereocenters. The van der Waals surface area contributed by atoms with Crippen molar-refractivity contribution in [2.24, 2.45) is 0 Å². The van der Waals surface area contributed by atoms with Gasteiger partial charge in [-0.2, -0.15) is 0 Å². The van der Waals surface area contributed by atoms with Gasteiger partial charge in [0.05, 0.1) is 12.3 Å². The summed E-state index contributed by atoms with van der Waals surface area (Å²) in [5.41, 5.74) is 1.10. The fraction of sp³-hybridized carbons (Fsp3) is 0.333. The predicted molar refractivity (Wildman–Crippen MR) is 74.9 cm³/mol. The number of benzene rings is 1. The van der Waals surface area contributed by atoms with Crippen LogP contribution >= 0.6 is 11.6 Å². The number of rotatable bonds is 5. The van der Waals surface area contributed by atoms with Crippen LogP contribution in [0, 0.1) is 18.6 Å². The van der Waals surface area contributed by atoms with E-state index < -0.39 is 17.7 Å². The van der Waals surface area contributed by atoms with Crippen LogP contribution < -0.4 is 5.32 Å².